The fourth-order valence-corrected chi connectivity index (χ4v) is 1.91. The lowest BCUT2D eigenvalue weighted by Crippen LogP contribution is -2.33. The Morgan fingerprint density at radius 1 is 1.22 bits per heavy atom. The van der Waals surface area contributed by atoms with E-state index in [0.29, 0.717) is 18.2 Å². The van der Waals surface area contributed by atoms with Crippen molar-refractivity contribution in [2.24, 2.45) is 0 Å². The summed E-state index contributed by atoms with van der Waals surface area (Å²) in [5, 5.41) is 8.73. The van der Waals surface area contributed by atoms with Gasteiger partial charge in [-0.2, -0.15) is 0 Å². The lowest BCUT2D eigenvalue weighted by atomic mass is 10.1. The Labute approximate surface area is 134 Å². The van der Waals surface area contributed by atoms with Crippen LogP contribution >= 0.6 is 0 Å². The first kappa shape index (κ1) is 16.5. The maximum atomic E-state index is 11.8. The molecule has 1 aromatic heterocycles. The third-order valence-corrected chi connectivity index (χ3v) is 2.94. The molecule has 1 aromatic carbocycles. The van der Waals surface area contributed by atoms with Crippen LogP contribution in [0.3, 0.4) is 0 Å². The molecule has 7 heteroatoms. The van der Waals surface area contributed by atoms with Crippen molar-refractivity contribution in [2.75, 3.05) is 18.5 Å². The van der Waals surface area contributed by atoms with Crippen molar-refractivity contribution >= 4 is 17.6 Å². The van der Waals surface area contributed by atoms with E-state index in [-0.39, 0.29) is 24.8 Å². The van der Waals surface area contributed by atoms with E-state index in [1.165, 1.54) is 0 Å². The molecule has 0 aliphatic heterocycles. The SMILES string of the molecule is CCOc1ccc(CC(=O)NCC(=O)Nc2cc(C)on2)cc1. The Morgan fingerprint density at radius 2 is 1.96 bits per heavy atom. The minimum absolute atomic E-state index is 0.123. The van der Waals surface area contributed by atoms with E-state index in [4.69, 9.17) is 9.26 Å². The van der Waals surface area contributed by atoms with Crippen molar-refractivity contribution in [1.82, 2.24) is 10.5 Å². The summed E-state index contributed by atoms with van der Waals surface area (Å²) >= 11 is 0. The first-order valence-corrected chi connectivity index (χ1v) is 7.28. The number of aryl methyl sites for hydroxylation is 1. The van der Waals surface area contributed by atoms with Gasteiger partial charge in [-0.15, -0.1) is 0 Å². The molecule has 122 valence electrons. The van der Waals surface area contributed by atoms with E-state index in [9.17, 15) is 9.59 Å². The summed E-state index contributed by atoms with van der Waals surface area (Å²) in [5.41, 5.74) is 0.846. The fraction of sp³-hybridized carbons (Fsp3) is 0.312. The quantitative estimate of drug-likeness (QED) is 0.810. The van der Waals surface area contributed by atoms with Gasteiger partial charge >= 0.3 is 0 Å². The average Bonchev–Trinajstić information content (AvgIpc) is 2.92. The second kappa shape index (κ2) is 7.98. The van der Waals surface area contributed by atoms with Gasteiger partial charge in [0.05, 0.1) is 19.6 Å². The smallest absolute Gasteiger partial charge is 0.245 e. The topological polar surface area (TPSA) is 93.5 Å². The summed E-state index contributed by atoms with van der Waals surface area (Å²) < 4.78 is 10.2. The molecule has 2 rings (SSSR count). The second-order valence-corrected chi connectivity index (χ2v) is 4.90. The van der Waals surface area contributed by atoms with Crippen LogP contribution in [0, 0.1) is 6.92 Å². The number of hydrogen-bond donors (Lipinski definition) is 2. The van der Waals surface area contributed by atoms with E-state index < -0.39 is 0 Å². The first-order chi connectivity index (χ1) is 11.1. The minimum atomic E-state index is -0.363. The third-order valence-electron chi connectivity index (χ3n) is 2.94. The highest BCUT2D eigenvalue weighted by atomic mass is 16.5. The summed E-state index contributed by atoms with van der Waals surface area (Å²) in [6, 6.07) is 8.86. The standard InChI is InChI=1S/C16H19N3O4/c1-3-22-13-6-4-12(5-7-13)9-15(20)17-10-16(21)18-14-8-11(2)23-19-14/h4-8H,3,9-10H2,1-2H3,(H,17,20)(H,18,19,21). The Balaban J connectivity index is 1.74. The van der Waals surface area contributed by atoms with E-state index in [2.05, 4.69) is 15.8 Å². The van der Waals surface area contributed by atoms with Crippen LogP contribution in [0.2, 0.25) is 0 Å². The summed E-state index contributed by atoms with van der Waals surface area (Å²) in [4.78, 5) is 23.5. The van der Waals surface area contributed by atoms with Crippen LogP contribution in [-0.4, -0.2) is 30.1 Å². The van der Waals surface area contributed by atoms with Gasteiger partial charge in [0, 0.05) is 6.07 Å². The Kier molecular flexibility index (Phi) is 5.74. The summed E-state index contributed by atoms with van der Waals surface area (Å²) in [7, 11) is 0. The molecule has 1 heterocycles. The predicted octanol–water partition coefficient (Wildman–Crippen LogP) is 1.68. The Bertz CT molecular complexity index is 664. The second-order valence-electron chi connectivity index (χ2n) is 4.90. The molecule has 2 N–H and O–H groups in total. The number of carbonyl (C=O) groups excluding carboxylic acids is 2. The lowest BCUT2D eigenvalue weighted by Gasteiger charge is -2.06. The molecule has 23 heavy (non-hydrogen) atoms. The van der Waals surface area contributed by atoms with Crippen LogP contribution in [0.1, 0.15) is 18.2 Å². The van der Waals surface area contributed by atoms with Gasteiger partial charge in [-0.25, -0.2) is 0 Å². The number of nitrogens with zero attached hydrogens (tertiary/aromatic N) is 1. The van der Waals surface area contributed by atoms with Crippen molar-refractivity contribution in [3.8, 4) is 5.75 Å². The molecule has 0 fully saturated rings. The molecule has 2 aromatic rings. The Morgan fingerprint density at radius 3 is 2.57 bits per heavy atom. The number of amides is 2. The van der Waals surface area contributed by atoms with Crippen LogP contribution in [0.5, 0.6) is 5.75 Å². The molecule has 0 atom stereocenters. The van der Waals surface area contributed by atoms with Crippen molar-refractivity contribution in [3.63, 3.8) is 0 Å². The highest BCUT2D eigenvalue weighted by molar-refractivity contribution is 5.94. The van der Waals surface area contributed by atoms with Gasteiger partial charge in [-0.1, -0.05) is 17.3 Å². The number of nitrogens with one attached hydrogen (secondary N) is 2. The fourth-order valence-electron chi connectivity index (χ4n) is 1.91. The molecule has 0 unspecified atom stereocenters. The van der Waals surface area contributed by atoms with E-state index in [0.717, 1.165) is 11.3 Å². The van der Waals surface area contributed by atoms with Crippen LogP contribution in [-0.2, 0) is 16.0 Å². The van der Waals surface area contributed by atoms with Gasteiger partial charge in [0.2, 0.25) is 11.8 Å². The zero-order chi connectivity index (χ0) is 16.7. The van der Waals surface area contributed by atoms with Gasteiger partial charge in [0.15, 0.2) is 5.82 Å². The van der Waals surface area contributed by atoms with Gasteiger partial charge in [0.1, 0.15) is 11.5 Å². The van der Waals surface area contributed by atoms with Gasteiger partial charge < -0.3 is 19.9 Å². The normalized spacial score (nSPS) is 10.2. The molecule has 0 saturated heterocycles. The molecular formula is C16H19N3O4. The van der Waals surface area contributed by atoms with Crippen LogP contribution in [0.25, 0.3) is 0 Å². The monoisotopic (exact) mass is 317 g/mol. The summed E-state index contributed by atoms with van der Waals surface area (Å²) in [6.45, 7) is 4.11. The van der Waals surface area contributed by atoms with Crippen molar-refractivity contribution < 1.29 is 18.8 Å². The molecule has 0 spiro atoms. The highest BCUT2D eigenvalue weighted by Gasteiger charge is 2.09. The number of rotatable bonds is 7. The highest BCUT2D eigenvalue weighted by Crippen LogP contribution is 2.12. The molecule has 0 saturated carbocycles. The number of hydrogen-bond acceptors (Lipinski definition) is 5. The summed E-state index contributed by atoms with van der Waals surface area (Å²) in [5.74, 6) is 1.09. The Hall–Kier alpha value is -2.83. The summed E-state index contributed by atoms with van der Waals surface area (Å²) in [6.07, 6.45) is 0.197. The molecule has 0 radical (unpaired) electrons. The molecule has 7 nitrogen and oxygen atoms in total. The average molecular weight is 317 g/mol. The molecule has 0 aliphatic carbocycles. The van der Waals surface area contributed by atoms with Gasteiger partial charge in [-0.3, -0.25) is 9.59 Å². The number of benzene rings is 1. The first-order valence-electron chi connectivity index (χ1n) is 7.28. The molecular weight excluding hydrogens is 298 g/mol. The van der Waals surface area contributed by atoms with Crippen molar-refractivity contribution in [2.45, 2.75) is 20.3 Å². The predicted molar refractivity (Wildman–Crippen MR) is 84.2 cm³/mol. The number of anilines is 1. The van der Waals surface area contributed by atoms with Crippen molar-refractivity contribution in [3.05, 3.63) is 41.7 Å². The van der Waals surface area contributed by atoms with Crippen LogP contribution in [0.4, 0.5) is 5.82 Å². The maximum absolute atomic E-state index is 11.8. The third kappa shape index (κ3) is 5.46. The maximum Gasteiger partial charge on any atom is 0.245 e. The zero-order valence-electron chi connectivity index (χ0n) is 13.1. The largest absolute Gasteiger partial charge is 0.494 e. The van der Waals surface area contributed by atoms with Gasteiger partial charge in [-0.05, 0) is 31.5 Å². The van der Waals surface area contributed by atoms with Crippen LogP contribution < -0.4 is 15.4 Å². The molecule has 0 bridgehead atoms. The lowest BCUT2D eigenvalue weighted by molar-refractivity contribution is -0.123. The van der Waals surface area contributed by atoms with Gasteiger partial charge in [0.25, 0.3) is 0 Å². The van der Waals surface area contributed by atoms with E-state index in [1.54, 1.807) is 13.0 Å². The molecule has 0 aliphatic rings. The number of ether oxygens (including phenoxy) is 1. The minimum Gasteiger partial charge on any atom is -0.494 e. The van der Waals surface area contributed by atoms with Crippen molar-refractivity contribution in [1.29, 1.82) is 0 Å². The molecule has 2 amide bonds. The zero-order valence-corrected chi connectivity index (χ0v) is 13.1. The van der Waals surface area contributed by atoms with Crippen LogP contribution in [0.15, 0.2) is 34.9 Å². The van der Waals surface area contributed by atoms with E-state index >= 15 is 0 Å². The van der Waals surface area contributed by atoms with E-state index in [1.807, 2.05) is 31.2 Å². The number of aromatic nitrogens is 1. The number of carbonyl (C=O) groups is 2.